The van der Waals surface area contributed by atoms with Gasteiger partial charge in [-0.15, -0.1) is 0 Å². The number of anilines is 1. The van der Waals surface area contributed by atoms with Crippen molar-refractivity contribution in [3.05, 3.63) is 11.3 Å². The second-order valence-corrected chi connectivity index (χ2v) is 5.67. The van der Waals surface area contributed by atoms with E-state index in [4.69, 9.17) is 5.73 Å². The minimum Gasteiger partial charge on any atom is -0.383 e. The van der Waals surface area contributed by atoms with Crippen LogP contribution in [0.3, 0.4) is 0 Å². The first-order valence-electron chi connectivity index (χ1n) is 6.89. The van der Waals surface area contributed by atoms with Crippen LogP contribution in [0.1, 0.15) is 63.1 Å². The summed E-state index contributed by atoms with van der Waals surface area (Å²) in [6.07, 6.45) is 6.08. The van der Waals surface area contributed by atoms with Gasteiger partial charge >= 0.3 is 0 Å². The molecule has 2 rings (SSSR count). The lowest BCUT2D eigenvalue weighted by molar-refractivity contribution is 0.424. The van der Waals surface area contributed by atoms with Crippen LogP contribution in [0.5, 0.6) is 0 Å². The maximum Gasteiger partial charge on any atom is 0.140 e. The second-order valence-electron chi connectivity index (χ2n) is 5.67. The third kappa shape index (κ3) is 2.50. The van der Waals surface area contributed by atoms with Crippen LogP contribution >= 0.6 is 0 Å². The van der Waals surface area contributed by atoms with Crippen molar-refractivity contribution in [1.82, 2.24) is 9.78 Å². The van der Waals surface area contributed by atoms with Gasteiger partial charge in [0, 0.05) is 12.5 Å². The molecule has 0 atom stereocenters. The zero-order valence-electron chi connectivity index (χ0n) is 11.3. The molecule has 98 valence electrons. The fourth-order valence-corrected chi connectivity index (χ4v) is 2.76. The average molecular weight is 246 g/mol. The van der Waals surface area contributed by atoms with E-state index in [1.54, 1.807) is 0 Å². The molecule has 1 aliphatic rings. The Balaban J connectivity index is 2.31. The van der Waals surface area contributed by atoms with Crippen LogP contribution in [0.25, 0.3) is 0 Å². The Kier molecular flexibility index (Phi) is 3.90. The smallest absolute Gasteiger partial charge is 0.140 e. The van der Waals surface area contributed by atoms with Gasteiger partial charge in [0.25, 0.3) is 0 Å². The van der Waals surface area contributed by atoms with E-state index >= 15 is 0 Å². The molecule has 0 amide bonds. The number of nitrogens with zero attached hydrogens (tertiary/aromatic N) is 3. The highest BCUT2D eigenvalue weighted by Gasteiger charge is 2.24. The minimum atomic E-state index is 0.434. The van der Waals surface area contributed by atoms with Crippen molar-refractivity contribution in [2.75, 3.05) is 5.73 Å². The Bertz CT molecular complexity index is 447. The summed E-state index contributed by atoms with van der Waals surface area (Å²) < 4.78 is 1.81. The van der Waals surface area contributed by atoms with Crippen molar-refractivity contribution in [3.63, 3.8) is 0 Å². The summed E-state index contributed by atoms with van der Waals surface area (Å²) >= 11 is 0. The maximum absolute atomic E-state index is 9.29. The Labute approximate surface area is 109 Å². The molecule has 0 unspecified atom stereocenters. The largest absolute Gasteiger partial charge is 0.383 e. The van der Waals surface area contributed by atoms with Gasteiger partial charge in [-0.3, -0.25) is 0 Å². The van der Waals surface area contributed by atoms with Crippen molar-refractivity contribution in [2.24, 2.45) is 5.92 Å². The minimum absolute atomic E-state index is 0.434. The fraction of sp³-hybridized carbons (Fsp3) is 0.714. The number of rotatable bonds is 3. The normalized spacial score (nSPS) is 17.0. The lowest BCUT2D eigenvalue weighted by Crippen LogP contribution is -2.10. The summed E-state index contributed by atoms with van der Waals surface area (Å²) in [5.74, 6) is 1.47. The summed E-state index contributed by atoms with van der Waals surface area (Å²) in [7, 11) is 0. The average Bonchev–Trinajstić information content (AvgIpc) is 2.67. The molecule has 1 fully saturated rings. The molecule has 0 aliphatic heterocycles. The Morgan fingerprint density at radius 2 is 2.06 bits per heavy atom. The Morgan fingerprint density at radius 1 is 1.39 bits per heavy atom. The molecule has 4 heteroatoms. The molecule has 1 saturated carbocycles. The zero-order chi connectivity index (χ0) is 13.1. The zero-order valence-corrected chi connectivity index (χ0v) is 11.3. The number of hydrogen-bond donors (Lipinski definition) is 1. The van der Waals surface area contributed by atoms with E-state index in [2.05, 4.69) is 25.0 Å². The monoisotopic (exact) mass is 246 g/mol. The topological polar surface area (TPSA) is 67.6 Å². The van der Waals surface area contributed by atoms with Crippen molar-refractivity contribution in [3.8, 4) is 6.07 Å². The quantitative estimate of drug-likeness (QED) is 0.891. The van der Waals surface area contributed by atoms with Crippen LogP contribution in [-0.4, -0.2) is 9.78 Å². The molecular weight excluding hydrogens is 224 g/mol. The van der Waals surface area contributed by atoms with Crippen LogP contribution in [-0.2, 0) is 6.54 Å². The van der Waals surface area contributed by atoms with Gasteiger partial charge in [0.2, 0.25) is 0 Å². The summed E-state index contributed by atoms with van der Waals surface area (Å²) in [5, 5.41) is 13.9. The lowest BCUT2D eigenvalue weighted by atomic mass is 9.85. The van der Waals surface area contributed by atoms with Gasteiger partial charge in [-0.2, -0.15) is 10.4 Å². The molecule has 4 nitrogen and oxygen atoms in total. The van der Waals surface area contributed by atoms with E-state index in [1.807, 2.05) is 4.68 Å². The predicted molar refractivity (Wildman–Crippen MR) is 72.0 cm³/mol. The van der Waals surface area contributed by atoms with Crippen molar-refractivity contribution >= 4 is 5.82 Å². The van der Waals surface area contributed by atoms with E-state index in [9.17, 15) is 5.26 Å². The summed E-state index contributed by atoms with van der Waals surface area (Å²) in [6, 6.07) is 2.25. The fourth-order valence-electron chi connectivity index (χ4n) is 2.76. The summed E-state index contributed by atoms with van der Waals surface area (Å²) in [6.45, 7) is 5.05. The molecule has 1 aliphatic carbocycles. The van der Waals surface area contributed by atoms with Crippen LogP contribution < -0.4 is 5.73 Å². The third-order valence-electron chi connectivity index (χ3n) is 3.66. The van der Waals surface area contributed by atoms with Gasteiger partial charge < -0.3 is 5.73 Å². The van der Waals surface area contributed by atoms with E-state index in [-0.39, 0.29) is 0 Å². The first-order valence-corrected chi connectivity index (χ1v) is 6.89. The van der Waals surface area contributed by atoms with Crippen LogP contribution in [0.2, 0.25) is 0 Å². The Morgan fingerprint density at radius 3 is 2.61 bits per heavy atom. The molecule has 18 heavy (non-hydrogen) atoms. The lowest BCUT2D eigenvalue weighted by Gasteiger charge is -2.19. The first-order chi connectivity index (χ1) is 8.63. The van der Waals surface area contributed by atoms with E-state index < -0.39 is 0 Å². The molecule has 0 radical (unpaired) electrons. The van der Waals surface area contributed by atoms with Gasteiger partial charge in [0.05, 0.1) is 5.69 Å². The summed E-state index contributed by atoms with van der Waals surface area (Å²) in [4.78, 5) is 0. The standard InChI is InChI=1S/C14H22N4/c1-10(2)9-18-14(16)12(8-15)13(17-18)11-6-4-3-5-7-11/h10-11H,3-7,9,16H2,1-2H3. The van der Waals surface area contributed by atoms with Gasteiger partial charge in [0.15, 0.2) is 0 Å². The molecule has 0 bridgehead atoms. The number of nitriles is 1. The highest BCUT2D eigenvalue weighted by molar-refractivity contribution is 5.53. The highest BCUT2D eigenvalue weighted by Crippen LogP contribution is 2.35. The van der Waals surface area contributed by atoms with Gasteiger partial charge in [-0.25, -0.2) is 4.68 Å². The summed E-state index contributed by atoms with van der Waals surface area (Å²) in [5.41, 5.74) is 7.60. The molecule has 2 N–H and O–H groups in total. The number of aromatic nitrogens is 2. The second kappa shape index (κ2) is 5.43. The molecule has 0 aromatic carbocycles. The van der Waals surface area contributed by atoms with Crippen molar-refractivity contribution in [1.29, 1.82) is 5.26 Å². The molecule has 1 aromatic rings. The third-order valence-corrected chi connectivity index (χ3v) is 3.66. The van der Waals surface area contributed by atoms with Gasteiger partial charge in [0.1, 0.15) is 17.5 Å². The highest BCUT2D eigenvalue weighted by atomic mass is 15.3. The predicted octanol–water partition coefficient (Wildman–Crippen LogP) is 3.04. The van der Waals surface area contributed by atoms with Gasteiger partial charge in [-0.05, 0) is 18.8 Å². The molecule has 0 saturated heterocycles. The Hall–Kier alpha value is -1.50. The molecule has 1 aromatic heterocycles. The molecule has 0 spiro atoms. The van der Waals surface area contributed by atoms with Gasteiger partial charge in [-0.1, -0.05) is 33.1 Å². The van der Waals surface area contributed by atoms with Crippen LogP contribution in [0.15, 0.2) is 0 Å². The number of hydrogen-bond acceptors (Lipinski definition) is 3. The number of nitrogen functional groups attached to an aromatic ring is 1. The van der Waals surface area contributed by atoms with Crippen molar-refractivity contribution in [2.45, 2.75) is 58.4 Å². The SMILES string of the molecule is CC(C)Cn1nc(C2CCCCC2)c(C#N)c1N. The van der Waals surface area contributed by atoms with Crippen LogP contribution in [0, 0.1) is 17.2 Å². The first kappa shape index (κ1) is 12.9. The van der Waals surface area contributed by atoms with Crippen LogP contribution in [0.4, 0.5) is 5.82 Å². The maximum atomic E-state index is 9.29. The van der Waals surface area contributed by atoms with E-state index in [0.717, 1.165) is 25.1 Å². The van der Waals surface area contributed by atoms with Crippen molar-refractivity contribution < 1.29 is 0 Å². The van der Waals surface area contributed by atoms with E-state index in [1.165, 1.54) is 19.3 Å². The van der Waals surface area contributed by atoms with E-state index in [0.29, 0.717) is 23.2 Å². The molecular formula is C14H22N4. The number of nitrogens with two attached hydrogens (primary N) is 1. The molecule has 1 heterocycles.